The predicted molar refractivity (Wildman–Crippen MR) is 63.8 cm³/mol. The third kappa shape index (κ3) is 2.58. The second kappa shape index (κ2) is 5.03. The molecule has 2 heterocycles. The fraction of sp³-hybridized carbons (Fsp3) is 0.417. The molecule has 0 bridgehead atoms. The van der Waals surface area contributed by atoms with Crippen molar-refractivity contribution in [3.63, 3.8) is 0 Å². The van der Waals surface area contributed by atoms with Gasteiger partial charge in [-0.2, -0.15) is 0 Å². The lowest BCUT2D eigenvalue weighted by molar-refractivity contribution is -0.143. The fourth-order valence-corrected chi connectivity index (χ4v) is 2.05. The van der Waals surface area contributed by atoms with Crippen molar-refractivity contribution >= 4 is 12.0 Å². The summed E-state index contributed by atoms with van der Waals surface area (Å²) in [5.74, 6) is -1.40. The Morgan fingerprint density at radius 3 is 2.72 bits per heavy atom. The maximum atomic E-state index is 11.9. The Bertz CT molecular complexity index is 449. The number of amides is 2. The minimum atomic E-state index is -0.867. The first-order valence-electron chi connectivity index (χ1n) is 5.69. The predicted octanol–water partition coefficient (Wildman–Crippen LogP) is 0.650. The van der Waals surface area contributed by atoms with Crippen molar-refractivity contribution in [2.75, 3.05) is 20.1 Å². The van der Waals surface area contributed by atoms with E-state index in [2.05, 4.69) is 4.98 Å². The van der Waals surface area contributed by atoms with E-state index in [1.54, 1.807) is 24.3 Å². The molecular weight excluding hydrogens is 234 g/mol. The van der Waals surface area contributed by atoms with Crippen LogP contribution >= 0.6 is 0 Å². The van der Waals surface area contributed by atoms with Crippen molar-refractivity contribution in [2.24, 2.45) is 5.92 Å². The van der Waals surface area contributed by atoms with Gasteiger partial charge in [0.1, 0.15) is 0 Å². The van der Waals surface area contributed by atoms with Gasteiger partial charge in [-0.3, -0.25) is 9.78 Å². The largest absolute Gasteiger partial charge is 0.481 e. The lowest BCUT2D eigenvalue weighted by atomic mass is 10.1. The topological polar surface area (TPSA) is 73.7 Å². The van der Waals surface area contributed by atoms with E-state index in [-0.39, 0.29) is 19.1 Å². The standard InChI is InChI=1S/C12H15N3O3/c1-14-7-10(11(16)17)8-15(12(14)18)6-9-2-4-13-5-3-9/h2-5,10H,6-8H2,1H3,(H,16,17). The van der Waals surface area contributed by atoms with Crippen LogP contribution in [0.1, 0.15) is 5.56 Å². The average molecular weight is 249 g/mol. The first-order chi connectivity index (χ1) is 8.58. The summed E-state index contributed by atoms with van der Waals surface area (Å²) in [6.07, 6.45) is 3.31. The molecule has 6 nitrogen and oxygen atoms in total. The van der Waals surface area contributed by atoms with Crippen molar-refractivity contribution in [3.05, 3.63) is 30.1 Å². The molecule has 18 heavy (non-hydrogen) atoms. The number of carbonyl (C=O) groups is 2. The third-order valence-corrected chi connectivity index (χ3v) is 3.00. The highest BCUT2D eigenvalue weighted by Gasteiger charge is 2.33. The van der Waals surface area contributed by atoms with Gasteiger partial charge in [-0.15, -0.1) is 0 Å². The number of urea groups is 1. The summed E-state index contributed by atoms with van der Waals surface area (Å²) >= 11 is 0. The average Bonchev–Trinajstić information content (AvgIpc) is 2.35. The molecule has 1 aromatic rings. The minimum Gasteiger partial charge on any atom is -0.481 e. The highest BCUT2D eigenvalue weighted by atomic mass is 16.4. The van der Waals surface area contributed by atoms with E-state index < -0.39 is 11.9 Å². The molecule has 1 aromatic heterocycles. The lowest BCUT2D eigenvalue weighted by Crippen LogP contribution is -2.53. The molecule has 96 valence electrons. The van der Waals surface area contributed by atoms with Gasteiger partial charge < -0.3 is 14.9 Å². The molecule has 2 rings (SSSR count). The summed E-state index contributed by atoms with van der Waals surface area (Å²) in [7, 11) is 1.62. The number of pyridine rings is 1. The lowest BCUT2D eigenvalue weighted by Gasteiger charge is -2.36. The Labute approximate surface area is 105 Å². The first kappa shape index (κ1) is 12.3. The summed E-state index contributed by atoms with van der Waals surface area (Å²) in [5, 5.41) is 9.05. The second-order valence-electron chi connectivity index (χ2n) is 4.43. The van der Waals surface area contributed by atoms with Gasteiger partial charge in [-0.1, -0.05) is 0 Å². The summed E-state index contributed by atoms with van der Waals surface area (Å²) in [4.78, 5) is 29.9. The van der Waals surface area contributed by atoms with Crippen LogP contribution in [0.5, 0.6) is 0 Å². The number of carbonyl (C=O) groups excluding carboxylic acids is 1. The number of hydrogen-bond acceptors (Lipinski definition) is 3. The Morgan fingerprint density at radius 2 is 2.11 bits per heavy atom. The van der Waals surface area contributed by atoms with Gasteiger partial charge in [-0.05, 0) is 17.7 Å². The van der Waals surface area contributed by atoms with Gasteiger partial charge in [-0.25, -0.2) is 4.79 Å². The Kier molecular flexibility index (Phi) is 3.45. The maximum absolute atomic E-state index is 11.9. The molecule has 0 radical (unpaired) electrons. The van der Waals surface area contributed by atoms with E-state index in [1.807, 2.05) is 12.1 Å². The van der Waals surface area contributed by atoms with E-state index in [0.717, 1.165) is 5.56 Å². The maximum Gasteiger partial charge on any atom is 0.320 e. The van der Waals surface area contributed by atoms with Crippen LogP contribution in [0.25, 0.3) is 0 Å². The van der Waals surface area contributed by atoms with Crippen LogP contribution in [-0.4, -0.2) is 52.0 Å². The smallest absolute Gasteiger partial charge is 0.320 e. The number of rotatable bonds is 3. The molecule has 2 amide bonds. The van der Waals surface area contributed by atoms with Crippen LogP contribution in [0.2, 0.25) is 0 Å². The number of hydrogen-bond donors (Lipinski definition) is 1. The molecule has 1 N–H and O–H groups in total. The van der Waals surface area contributed by atoms with E-state index >= 15 is 0 Å². The van der Waals surface area contributed by atoms with Gasteiger partial charge >= 0.3 is 12.0 Å². The van der Waals surface area contributed by atoms with Crippen LogP contribution in [0.15, 0.2) is 24.5 Å². The van der Waals surface area contributed by atoms with Gasteiger partial charge in [0, 0.05) is 39.1 Å². The Balaban J connectivity index is 2.10. The third-order valence-electron chi connectivity index (χ3n) is 3.00. The Hall–Kier alpha value is -2.11. The second-order valence-corrected chi connectivity index (χ2v) is 4.43. The molecule has 0 spiro atoms. The Morgan fingerprint density at radius 1 is 1.44 bits per heavy atom. The molecule has 1 aliphatic heterocycles. The van der Waals surface area contributed by atoms with Crippen LogP contribution in [0.4, 0.5) is 4.79 Å². The van der Waals surface area contributed by atoms with Crippen LogP contribution < -0.4 is 0 Å². The van der Waals surface area contributed by atoms with Gasteiger partial charge in [0.2, 0.25) is 0 Å². The molecule has 0 aromatic carbocycles. The van der Waals surface area contributed by atoms with E-state index in [9.17, 15) is 9.59 Å². The van der Waals surface area contributed by atoms with Crippen molar-refractivity contribution in [2.45, 2.75) is 6.54 Å². The zero-order valence-corrected chi connectivity index (χ0v) is 10.1. The van der Waals surface area contributed by atoms with Gasteiger partial charge in [0.05, 0.1) is 5.92 Å². The van der Waals surface area contributed by atoms with Crippen molar-refractivity contribution < 1.29 is 14.7 Å². The molecule has 6 heteroatoms. The normalized spacial score (nSPS) is 20.1. The van der Waals surface area contributed by atoms with Crippen molar-refractivity contribution in [1.82, 2.24) is 14.8 Å². The highest BCUT2D eigenvalue weighted by molar-refractivity contribution is 5.79. The summed E-state index contributed by atoms with van der Waals surface area (Å²) in [6, 6.07) is 3.50. The summed E-state index contributed by atoms with van der Waals surface area (Å²) in [5.41, 5.74) is 0.942. The van der Waals surface area contributed by atoms with Crippen molar-refractivity contribution in [3.8, 4) is 0 Å². The van der Waals surface area contributed by atoms with E-state index in [1.165, 1.54) is 4.90 Å². The number of carboxylic acid groups (broad SMARTS) is 1. The van der Waals surface area contributed by atoms with E-state index in [4.69, 9.17) is 5.11 Å². The summed E-state index contributed by atoms with van der Waals surface area (Å²) < 4.78 is 0. The molecular formula is C12H15N3O3. The molecule has 1 atom stereocenters. The van der Waals surface area contributed by atoms with Gasteiger partial charge in [0.15, 0.2) is 0 Å². The van der Waals surface area contributed by atoms with Gasteiger partial charge in [0.25, 0.3) is 0 Å². The zero-order valence-electron chi connectivity index (χ0n) is 10.1. The van der Waals surface area contributed by atoms with E-state index in [0.29, 0.717) is 6.54 Å². The number of carboxylic acids is 1. The minimum absolute atomic E-state index is 0.135. The van der Waals surface area contributed by atoms with Crippen LogP contribution in [0.3, 0.4) is 0 Å². The van der Waals surface area contributed by atoms with Crippen LogP contribution in [-0.2, 0) is 11.3 Å². The molecule has 0 saturated carbocycles. The molecule has 1 aliphatic rings. The SMILES string of the molecule is CN1CC(C(=O)O)CN(Cc2ccncc2)C1=O. The molecule has 1 saturated heterocycles. The van der Waals surface area contributed by atoms with Crippen LogP contribution in [0, 0.1) is 5.92 Å². The first-order valence-corrected chi connectivity index (χ1v) is 5.69. The zero-order chi connectivity index (χ0) is 13.1. The monoisotopic (exact) mass is 249 g/mol. The molecule has 1 unspecified atom stereocenters. The number of nitrogens with zero attached hydrogens (tertiary/aromatic N) is 3. The quantitative estimate of drug-likeness (QED) is 0.853. The number of aliphatic carboxylic acids is 1. The van der Waals surface area contributed by atoms with Crippen molar-refractivity contribution in [1.29, 1.82) is 0 Å². The molecule has 1 fully saturated rings. The number of aromatic nitrogens is 1. The highest BCUT2D eigenvalue weighted by Crippen LogP contribution is 2.16. The fourth-order valence-electron chi connectivity index (χ4n) is 2.05. The summed E-state index contributed by atoms with van der Waals surface area (Å²) in [6.45, 7) is 0.928. The molecule has 0 aliphatic carbocycles.